The zero-order chi connectivity index (χ0) is 15.5. The minimum atomic E-state index is -0.0266. The van der Waals surface area contributed by atoms with Gasteiger partial charge in [-0.3, -0.25) is 4.79 Å². The van der Waals surface area contributed by atoms with Crippen LogP contribution in [0.4, 0.5) is 5.82 Å². The summed E-state index contributed by atoms with van der Waals surface area (Å²) in [5.74, 6) is 0.560. The second kappa shape index (κ2) is 6.58. The standard InChI is InChI=1S/C15H21N5OS/c1-11-17-8-13(22-11)9-18-12-4-3-6-20(10-12)14-15(21)19(2)7-5-16-14/h5,7-8,12,18H,3-4,6,9-10H2,1-2H3. The lowest BCUT2D eigenvalue weighted by Gasteiger charge is -2.33. The molecule has 6 nitrogen and oxygen atoms in total. The second-order valence-corrected chi connectivity index (χ2v) is 7.00. The predicted octanol–water partition coefficient (Wildman–Crippen LogP) is 1.30. The van der Waals surface area contributed by atoms with Gasteiger partial charge in [0.1, 0.15) is 0 Å². The van der Waals surface area contributed by atoms with Gasteiger partial charge in [-0.15, -0.1) is 11.3 Å². The van der Waals surface area contributed by atoms with Crippen LogP contribution in [0.25, 0.3) is 0 Å². The molecule has 2 aromatic heterocycles. The van der Waals surface area contributed by atoms with Crippen molar-refractivity contribution in [3.63, 3.8) is 0 Å². The van der Waals surface area contributed by atoms with Crippen molar-refractivity contribution in [2.24, 2.45) is 7.05 Å². The molecule has 0 bridgehead atoms. The van der Waals surface area contributed by atoms with Crippen LogP contribution in [-0.4, -0.2) is 33.7 Å². The number of anilines is 1. The third-order valence-electron chi connectivity index (χ3n) is 3.95. The Morgan fingerprint density at radius 3 is 3.09 bits per heavy atom. The molecule has 1 unspecified atom stereocenters. The molecule has 1 saturated heterocycles. The summed E-state index contributed by atoms with van der Waals surface area (Å²) < 4.78 is 1.58. The summed E-state index contributed by atoms with van der Waals surface area (Å²) in [5.41, 5.74) is -0.0266. The van der Waals surface area contributed by atoms with Crippen molar-refractivity contribution in [2.45, 2.75) is 32.4 Å². The molecule has 0 spiro atoms. The Bertz CT molecular complexity index is 695. The molecule has 2 aromatic rings. The Morgan fingerprint density at radius 1 is 1.45 bits per heavy atom. The van der Waals surface area contributed by atoms with Crippen LogP contribution in [0, 0.1) is 6.92 Å². The first-order valence-corrected chi connectivity index (χ1v) is 8.36. The molecule has 0 radical (unpaired) electrons. The van der Waals surface area contributed by atoms with Gasteiger partial charge in [0.25, 0.3) is 5.56 Å². The predicted molar refractivity (Wildman–Crippen MR) is 88.4 cm³/mol. The van der Waals surface area contributed by atoms with Crippen molar-refractivity contribution in [1.82, 2.24) is 19.9 Å². The van der Waals surface area contributed by atoms with Gasteiger partial charge in [-0.05, 0) is 19.8 Å². The summed E-state index contributed by atoms with van der Waals surface area (Å²) in [6.45, 7) is 4.58. The zero-order valence-electron chi connectivity index (χ0n) is 13.0. The Morgan fingerprint density at radius 2 is 2.32 bits per heavy atom. The van der Waals surface area contributed by atoms with Crippen LogP contribution in [0.1, 0.15) is 22.7 Å². The molecular formula is C15H21N5OS. The first-order valence-electron chi connectivity index (χ1n) is 7.55. The lowest BCUT2D eigenvalue weighted by atomic mass is 10.1. The fraction of sp³-hybridized carbons (Fsp3) is 0.533. The first kappa shape index (κ1) is 15.2. The van der Waals surface area contributed by atoms with Crippen molar-refractivity contribution in [3.05, 3.63) is 38.8 Å². The number of aromatic nitrogens is 3. The second-order valence-electron chi connectivity index (χ2n) is 5.68. The van der Waals surface area contributed by atoms with Gasteiger partial charge >= 0.3 is 0 Å². The maximum atomic E-state index is 12.2. The summed E-state index contributed by atoms with van der Waals surface area (Å²) in [6, 6.07) is 0.378. The molecule has 0 aliphatic carbocycles. The van der Waals surface area contributed by atoms with Crippen molar-refractivity contribution < 1.29 is 0 Å². The van der Waals surface area contributed by atoms with Crippen LogP contribution < -0.4 is 15.8 Å². The van der Waals surface area contributed by atoms with Crippen molar-refractivity contribution in [3.8, 4) is 0 Å². The number of nitrogens with one attached hydrogen (secondary N) is 1. The van der Waals surface area contributed by atoms with Gasteiger partial charge in [0.05, 0.1) is 5.01 Å². The van der Waals surface area contributed by atoms with Crippen LogP contribution in [-0.2, 0) is 13.6 Å². The fourth-order valence-electron chi connectivity index (χ4n) is 2.77. The van der Waals surface area contributed by atoms with Crippen LogP contribution in [0.5, 0.6) is 0 Å². The van der Waals surface area contributed by atoms with Gasteiger partial charge in [-0.1, -0.05) is 0 Å². The molecule has 118 valence electrons. The van der Waals surface area contributed by atoms with E-state index in [1.807, 2.05) is 13.1 Å². The highest BCUT2D eigenvalue weighted by Crippen LogP contribution is 2.16. The molecule has 1 N–H and O–H groups in total. The average molecular weight is 319 g/mol. The van der Waals surface area contributed by atoms with Gasteiger partial charge in [-0.25, -0.2) is 9.97 Å². The quantitative estimate of drug-likeness (QED) is 0.920. The Hall–Kier alpha value is -1.73. The van der Waals surface area contributed by atoms with Gasteiger partial charge in [0.15, 0.2) is 5.82 Å². The maximum Gasteiger partial charge on any atom is 0.293 e. The first-order chi connectivity index (χ1) is 10.6. The van der Waals surface area contributed by atoms with E-state index in [4.69, 9.17) is 0 Å². The van der Waals surface area contributed by atoms with E-state index in [-0.39, 0.29) is 5.56 Å². The van der Waals surface area contributed by atoms with Gasteiger partial charge < -0.3 is 14.8 Å². The smallest absolute Gasteiger partial charge is 0.293 e. The van der Waals surface area contributed by atoms with Crippen molar-refractivity contribution in [2.75, 3.05) is 18.0 Å². The minimum Gasteiger partial charge on any atom is -0.350 e. The molecule has 3 heterocycles. The average Bonchev–Trinajstić information content (AvgIpc) is 2.94. The molecule has 1 fully saturated rings. The van der Waals surface area contributed by atoms with Crippen LogP contribution in [0.15, 0.2) is 23.4 Å². The van der Waals surface area contributed by atoms with E-state index in [2.05, 4.69) is 20.2 Å². The highest BCUT2D eigenvalue weighted by molar-refractivity contribution is 7.11. The molecule has 22 heavy (non-hydrogen) atoms. The highest BCUT2D eigenvalue weighted by atomic mass is 32.1. The molecule has 0 amide bonds. The lowest BCUT2D eigenvalue weighted by Crippen LogP contribution is -2.47. The summed E-state index contributed by atoms with van der Waals surface area (Å²) in [6.07, 6.45) is 7.51. The summed E-state index contributed by atoms with van der Waals surface area (Å²) in [4.78, 5) is 24.1. The number of piperidine rings is 1. The normalized spacial score (nSPS) is 18.6. The lowest BCUT2D eigenvalue weighted by molar-refractivity contribution is 0.420. The van der Waals surface area contributed by atoms with E-state index in [0.717, 1.165) is 37.5 Å². The van der Waals surface area contributed by atoms with Gasteiger partial charge in [0, 0.05) is 56.2 Å². The van der Waals surface area contributed by atoms with Crippen LogP contribution in [0.2, 0.25) is 0 Å². The highest BCUT2D eigenvalue weighted by Gasteiger charge is 2.22. The number of aryl methyl sites for hydroxylation is 2. The Labute approximate surface area is 133 Å². The van der Waals surface area contributed by atoms with E-state index in [1.165, 1.54) is 4.88 Å². The molecule has 1 aliphatic heterocycles. The Kier molecular flexibility index (Phi) is 4.54. The zero-order valence-corrected chi connectivity index (χ0v) is 13.8. The third kappa shape index (κ3) is 3.36. The van der Waals surface area contributed by atoms with Crippen LogP contribution in [0.3, 0.4) is 0 Å². The number of rotatable bonds is 4. The van der Waals surface area contributed by atoms with E-state index in [9.17, 15) is 4.79 Å². The summed E-state index contributed by atoms with van der Waals surface area (Å²) in [5, 5.41) is 4.67. The molecule has 0 saturated carbocycles. The third-order valence-corrected chi connectivity index (χ3v) is 4.87. The summed E-state index contributed by atoms with van der Waals surface area (Å²) in [7, 11) is 1.76. The molecule has 0 aromatic carbocycles. The fourth-order valence-corrected chi connectivity index (χ4v) is 3.52. The number of nitrogens with zero attached hydrogens (tertiary/aromatic N) is 4. The van der Waals surface area contributed by atoms with E-state index in [0.29, 0.717) is 11.9 Å². The molecule has 7 heteroatoms. The number of hydrogen-bond acceptors (Lipinski definition) is 6. The van der Waals surface area contributed by atoms with Gasteiger partial charge in [0.2, 0.25) is 0 Å². The monoisotopic (exact) mass is 319 g/mol. The number of thiazole rings is 1. The van der Waals surface area contributed by atoms with Crippen molar-refractivity contribution >= 4 is 17.2 Å². The summed E-state index contributed by atoms with van der Waals surface area (Å²) >= 11 is 1.73. The molecular weight excluding hydrogens is 298 g/mol. The SMILES string of the molecule is Cc1ncc(CNC2CCCN(c3nccn(C)c3=O)C2)s1. The molecule has 1 aliphatic rings. The minimum absolute atomic E-state index is 0.0266. The van der Waals surface area contributed by atoms with E-state index in [1.54, 1.807) is 35.3 Å². The molecule has 3 rings (SSSR count). The molecule has 1 atom stereocenters. The number of hydrogen-bond donors (Lipinski definition) is 1. The maximum absolute atomic E-state index is 12.2. The van der Waals surface area contributed by atoms with Crippen molar-refractivity contribution in [1.29, 1.82) is 0 Å². The largest absolute Gasteiger partial charge is 0.350 e. The van der Waals surface area contributed by atoms with Gasteiger partial charge in [-0.2, -0.15) is 0 Å². The van der Waals surface area contributed by atoms with E-state index >= 15 is 0 Å². The van der Waals surface area contributed by atoms with E-state index < -0.39 is 0 Å². The Balaban J connectivity index is 1.64. The topological polar surface area (TPSA) is 63.1 Å². The van der Waals surface area contributed by atoms with Crippen LogP contribution >= 0.6 is 11.3 Å².